The minimum Gasteiger partial charge on any atom is -0.483 e. The van der Waals surface area contributed by atoms with E-state index in [1.54, 1.807) is 23.1 Å². The molecule has 1 N–H and O–H groups in total. The van der Waals surface area contributed by atoms with Crippen LogP contribution in [0.3, 0.4) is 0 Å². The number of benzene rings is 3. The van der Waals surface area contributed by atoms with E-state index >= 15 is 0 Å². The molecule has 0 heterocycles. The maximum absolute atomic E-state index is 13.8. The summed E-state index contributed by atoms with van der Waals surface area (Å²) in [7, 11) is 0. The van der Waals surface area contributed by atoms with Gasteiger partial charge in [-0.1, -0.05) is 86.4 Å². The summed E-state index contributed by atoms with van der Waals surface area (Å²) in [6, 6.07) is 19.8. The lowest BCUT2D eigenvalue weighted by atomic mass is 10.0. The summed E-state index contributed by atoms with van der Waals surface area (Å²) in [6.45, 7) is 8.06. The average molecular weight is 634 g/mol. The number of rotatable bonds is 12. The van der Waals surface area contributed by atoms with Crippen LogP contribution in [0, 0.1) is 0 Å². The van der Waals surface area contributed by atoms with Gasteiger partial charge in [0, 0.05) is 29.1 Å². The Balaban J connectivity index is 1.94. The zero-order valence-corrected chi connectivity index (χ0v) is 25.8. The summed E-state index contributed by atoms with van der Waals surface area (Å²) in [4.78, 5) is 29.0. The van der Waals surface area contributed by atoms with Crippen LogP contribution in [0.5, 0.6) is 5.75 Å². The molecule has 5 nitrogen and oxygen atoms in total. The van der Waals surface area contributed by atoms with Crippen molar-refractivity contribution in [3.8, 4) is 5.75 Å². The highest BCUT2D eigenvalue weighted by molar-refractivity contribution is 9.10. The van der Waals surface area contributed by atoms with E-state index in [0.717, 1.165) is 22.0 Å². The number of nitrogens with zero attached hydrogens (tertiary/aromatic N) is 1. The Morgan fingerprint density at radius 2 is 1.72 bits per heavy atom. The number of nitrogens with one attached hydrogen (secondary N) is 1. The molecular formula is C31H35BrCl2N2O3. The van der Waals surface area contributed by atoms with Crippen molar-refractivity contribution in [2.75, 3.05) is 6.61 Å². The molecule has 0 bridgehead atoms. The van der Waals surface area contributed by atoms with Gasteiger partial charge in [-0.3, -0.25) is 9.59 Å². The Morgan fingerprint density at radius 3 is 2.33 bits per heavy atom. The highest BCUT2D eigenvalue weighted by Gasteiger charge is 2.31. The molecule has 2 atom stereocenters. The van der Waals surface area contributed by atoms with Crippen molar-refractivity contribution in [2.45, 2.75) is 65.1 Å². The molecule has 0 aliphatic carbocycles. The van der Waals surface area contributed by atoms with Crippen LogP contribution in [0.15, 0.2) is 71.2 Å². The van der Waals surface area contributed by atoms with Gasteiger partial charge in [0.1, 0.15) is 11.8 Å². The number of ether oxygens (including phenoxy) is 1. The zero-order chi connectivity index (χ0) is 28.5. The molecule has 3 aromatic carbocycles. The van der Waals surface area contributed by atoms with Crippen molar-refractivity contribution in [2.24, 2.45) is 0 Å². The summed E-state index contributed by atoms with van der Waals surface area (Å²) in [5.74, 6) is 0.357. The fourth-order valence-electron chi connectivity index (χ4n) is 4.04. The summed E-state index contributed by atoms with van der Waals surface area (Å²) in [5.41, 5.74) is 2.78. The first-order chi connectivity index (χ1) is 18.6. The second-order valence-electron chi connectivity index (χ2n) is 9.91. The fourth-order valence-corrected chi connectivity index (χ4v) is 5.02. The van der Waals surface area contributed by atoms with E-state index in [-0.39, 0.29) is 31.0 Å². The third-order valence-electron chi connectivity index (χ3n) is 6.60. The number of amides is 2. The van der Waals surface area contributed by atoms with Crippen molar-refractivity contribution in [3.05, 3.63) is 97.9 Å². The van der Waals surface area contributed by atoms with Gasteiger partial charge in [-0.2, -0.15) is 0 Å². The van der Waals surface area contributed by atoms with Crippen molar-refractivity contribution >= 4 is 50.9 Å². The number of carbonyl (C=O) groups excluding carboxylic acids is 2. The Kier molecular flexibility index (Phi) is 11.7. The lowest BCUT2D eigenvalue weighted by Gasteiger charge is -2.32. The first-order valence-corrected chi connectivity index (χ1v) is 14.6. The molecule has 39 heavy (non-hydrogen) atoms. The number of hydrogen-bond donors (Lipinski definition) is 1. The molecule has 208 valence electrons. The Hall–Kier alpha value is -2.54. The van der Waals surface area contributed by atoms with E-state index in [1.165, 1.54) is 0 Å². The lowest BCUT2D eigenvalue weighted by Crippen LogP contribution is -2.53. The molecule has 3 rings (SSSR count). The van der Waals surface area contributed by atoms with Crippen LogP contribution in [-0.2, 0) is 22.6 Å². The summed E-state index contributed by atoms with van der Waals surface area (Å²) < 4.78 is 6.73. The van der Waals surface area contributed by atoms with Gasteiger partial charge in [0.05, 0.1) is 4.47 Å². The van der Waals surface area contributed by atoms with Crippen LogP contribution in [0.4, 0.5) is 0 Å². The van der Waals surface area contributed by atoms with E-state index in [2.05, 4.69) is 35.1 Å². The zero-order valence-electron chi connectivity index (χ0n) is 22.7. The van der Waals surface area contributed by atoms with Gasteiger partial charge < -0.3 is 15.0 Å². The average Bonchev–Trinajstić information content (AvgIpc) is 2.91. The quantitative estimate of drug-likeness (QED) is 0.221. The first-order valence-electron chi connectivity index (χ1n) is 13.1. The normalized spacial score (nSPS) is 12.6. The van der Waals surface area contributed by atoms with Crippen molar-refractivity contribution < 1.29 is 14.3 Å². The standard InChI is InChI=1S/C31H35BrCl2N2O3/c1-5-21(4)35-31(38)28(15-22-9-7-6-8-10-22)36(18-24-11-13-25(33)17-27(24)34)30(37)19-39-29-14-12-23(20(2)3)16-26(29)32/h6-14,16-17,20-21,28H,5,15,18-19H2,1-4H3,(H,35,38)/t21-,28+/m0/s1. The molecule has 0 aliphatic heterocycles. The lowest BCUT2D eigenvalue weighted by molar-refractivity contribution is -0.143. The van der Waals surface area contributed by atoms with E-state index in [1.807, 2.05) is 62.4 Å². The molecule has 0 saturated heterocycles. The maximum atomic E-state index is 13.8. The van der Waals surface area contributed by atoms with Gasteiger partial charge in [0.2, 0.25) is 5.91 Å². The van der Waals surface area contributed by atoms with Gasteiger partial charge in [-0.15, -0.1) is 0 Å². The highest BCUT2D eigenvalue weighted by Crippen LogP contribution is 2.29. The Bertz CT molecular complexity index is 1270. The van der Waals surface area contributed by atoms with Crippen molar-refractivity contribution in [1.29, 1.82) is 0 Å². The Labute approximate surface area is 250 Å². The molecule has 0 saturated carbocycles. The fraction of sp³-hybridized carbons (Fsp3) is 0.355. The van der Waals surface area contributed by atoms with Crippen LogP contribution in [0.1, 0.15) is 56.7 Å². The number of halogens is 3. The molecule has 2 amide bonds. The molecule has 0 aromatic heterocycles. The van der Waals surface area contributed by atoms with Gasteiger partial charge in [-0.05, 0) is 76.1 Å². The smallest absolute Gasteiger partial charge is 0.261 e. The molecule has 0 fully saturated rings. The maximum Gasteiger partial charge on any atom is 0.261 e. The van der Waals surface area contributed by atoms with Crippen molar-refractivity contribution in [1.82, 2.24) is 10.2 Å². The van der Waals surface area contributed by atoms with Gasteiger partial charge in [0.15, 0.2) is 6.61 Å². The van der Waals surface area contributed by atoms with Crippen molar-refractivity contribution in [3.63, 3.8) is 0 Å². The first kappa shape index (κ1) is 31.0. The monoisotopic (exact) mass is 632 g/mol. The predicted octanol–water partition coefficient (Wildman–Crippen LogP) is 7.81. The molecule has 0 radical (unpaired) electrons. The third-order valence-corrected chi connectivity index (χ3v) is 7.81. The largest absolute Gasteiger partial charge is 0.483 e. The molecule has 3 aromatic rings. The van der Waals surface area contributed by atoms with Crippen LogP contribution in [-0.4, -0.2) is 35.4 Å². The predicted molar refractivity (Wildman–Crippen MR) is 163 cm³/mol. The second kappa shape index (κ2) is 14.7. The minimum absolute atomic E-state index is 0.0430. The summed E-state index contributed by atoms with van der Waals surface area (Å²) in [6.07, 6.45) is 1.11. The van der Waals surface area contributed by atoms with E-state index in [4.69, 9.17) is 27.9 Å². The van der Waals surface area contributed by atoms with Crippen LogP contribution < -0.4 is 10.1 Å². The SMILES string of the molecule is CC[C@H](C)NC(=O)[C@@H](Cc1ccccc1)N(Cc1ccc(Cl)cc1Cl)C(=O)COc1ccc(C(C)C)cc1Br. The second-order valence-corrected chi connectivity index (χ2v) is 11.6. The van der Waals surface area contributed by atoms with E-state index in [0.29, 0.717) is 33.7 Å². The number of hydrogen-bond acceptors (Lipinski definition) is 3. The summed E-state index contributed by atoms with van der Waals surface area (Å²) in [5, 5.41) is 3.98. The van der Waals surface area contributed by atoms with Gasteiger partial charge in [-0.25, -0.2) is 0 Å². The third kappa shape index (κ3) is 8.99. The van der Waals surface area contributed by atoms with E-state index in [9.17, 15) is 9.59 Å². The number of carbonyl (C=O) groups is 2. The van der Waals surface area contributed by atoms with Crippen LogP contribution >= 0.6 is 39.1 Å². The highest BCUT2D eigenvalue weighted by atomic mass is 79.9. The van der Waals surface area contributed by atoms with E-state index < -0.39 is 6.04 Å². The molecule has 0 unspecified atom stereocenters. The van der Waals surface area contributed by atoms with Crippen LogP contribution in [0.2, 0.25) is 10.0 Å². The van der Waals surface area contributed by atoms with Crippen LogP contribution in [0.25, 0.3) is 0 Å². The summed E-state index contributed by atoms with van der Waals surface area (Å²) >= 11 is 16.2. The molecule has 8 heteroatoms. The molecule has 0 aliphatic rings. The minimum atomic E-state index is -0.781. The molecular weight excluding hydrogens is 599 g/mol. The molecule has 0 spiro atoms. The topological polar surface area (TPSA) is 58.6 Å². The van der Waals surface area contributed by atoms with Gasteiger partial charge in [0.25, 0.3) is 5.91 Å². The van der Waals surface area contributed by atoms with Gasteiger partial charge >= 0.3 is 0 Å². The Morgan fingerprint density at radius 1 is 1.00 bits per heavy atom.